The van der Waals surface area contributed by atoms with Crippen molar-refractivity contribution in [1.29, 1.82) is 0 Å². The number of halogens is 1. The average molecular weight is 394 g/mol. The third kappa shape index (κ3) is 3.64. The van der Waals surface area contributed by atoms with Crippen LogP contribution in [0.3, 0.4) is 0 Å². The van der Waals surface area contributed by atoms with E-state index >= 15 is 0 Å². The number of sulfonamides is 1. The monoisotopic (exact) mass is 393 g/mol. The van der Waals surface area contributed by atoms with Crippen LogP contribution in [0.1, 0.15) is 24.5 Å². The molecule has 1 aliphatic heterocycles. The smallest absolute Gasteiger partial charge is 0.243 e. The van der Waals surface area contributed by atoms with E-state index in [1.54, 1.807) is 23.4 Å². The van der Waals surface area contributed by atoms with Gasteiger partial charge in [0.2, 0.25) is 10.0 Å². The molecule has 1 heterocycles. The van der Waals surface area contributed by atoms with E-state index < -0.39 is 10.0 Å². The fourth-order valence-corrected chi connectivity index (χ4v) is 6.18. The van der Waals surface area contributed by atoms with Crippen molar-refractivity contribution in [3.05, 3.63) is 27.7 Å². The number of rotatable bonds is 4. The van der Waals surface area contributed by atoms with Crippen LogP contribution >= 0.6 is 27.7 Å². The summed E-state index contributed by atoms with van der Waals surface area (Å²) < 4.78 is 28.1. The summed E-state index contributed by atoms with van der Waals surface area (Å²) in [5.74, 6) is 0.831. The number of thioether (sulfide) groups is 1. The molecule has 0 bridgehead atoms. The van der Waals surface area contributed by atoms with Gasteiger partial charge in [-0.3, -0.25) is 0 Å². The van der Waals surface area contributed by atoms with E-state index in [0.717, 1.165) is 12.2 Å². The van der Waals surface area contributed by atoms with E-state index in [4.69, 9.17) is 0 Å². The van der Waals surface area contributed by atoms with Crippen molar-refractivity contribution in [3.63, 3.8) is 0 Å². The predicted octanol–water partition coefficient (Wildman–Crippen LogP) is 2.77. The molecule has 1 saturated heterocycles. The van der Waals surface area contributed by atoms with Crippen LogP contribution in [0.5, 0.6) is 0 Å². The average Bonchev–Trinajstić information content (AvgIpc) is 2.49. The lowest BCUT2D eigenvalue weighted by Gasteiger charge is -2.31. The molecule has 0 amide bonds. The van der Waals surface area contributed by atoms with Gasteiger partial charge in [0.15, 0.2) is 0 Å². The van der Waals surface area contributed by atoms with Crippen molar-refractivity contribution in [2.24, 2.45) is 0 Å². The molecule has 4 nitrogen and oxygen atoms in total. The number of aliphatic hydroxyl groups excluding tert-OH is 1. The SMILES string of the molecule is CCC1CN(S(=O)(=O)c2cc(CO)cc(Br)c2C)CCS1. The van der Waals surface area contributed by atoms with Crippen LogP contribution in [0.4, 0.5) is 0 Å². The minimum absolute atomic E-state index is 0.172. The molecule has 118 valence electrons. The van der Waals surface area contributed by atoms with Crippen LogP contribution in [-0.2, 0) is 16.6 Å². The molecule has 2 rings (SSSR count). The van der Waals surface area contributed by atoms with Crippen molar-refractivity contribution in [3.8, 4) is 0 Å². The first kappa shape index (κ1) is 17.3. The lowest BCUT2D eigenvalue weighted by molar-refractivity contribution is 0.281. The van der Waals surface area contributed by atoms with Crippen molar-refractivity contribution >= 4 is 37.7 Å². The Morgan fingerprint density at radius 1 is 1.48 bits per heavy atom. The Hall–Kier alpha value is -0.0800. The molecule has 7 heteroatoms. The zero-order valence-corrected chi connectivity index (χ0v) is 15.4. The van der Waals surface area contributed by atoms with Crippen LogP contribution in [0.2, 0.25) is 0 Å². The van der Waals surface area contributed by atoms with Gasteiger partial charge in [0.25, 0.3) is 0 Å². The summed E-state index contributed by atoms with van der Waals surface area (Å²) in [5, 5.41) is 9.66. The molecule has 1 N–H and O–H groups in total. The Kier molecular flexibility index (Phi) is 5.76. The number of benzene rings is 1. The summed E-state index contributed by atoms with van der Waals surface area (Å²) in [7, 11) is -3.51. The van der Waals surface area contributed by atoms with E-state index in [0.29, 0.717) is 38.8 Å². The Labute approximate surface area is 139 Å². The van der Waals surface area contributed by atoms with Gasteiger partial charge in [-0.2, -0.15) is 16.1 Å². The highest BCUT2D eigenvalue weighted by molar-refractivity contribution is 9.10. The van der Waals surface area contributed by atoms with Crippen LogP contribution in [0.15, 0.2) is 21.5 Å². The molecular formula is C14H20BrNO3S2. The Morgan fingerprint density at radius 3 is 2.81 bits per heavy atom. The molecule has 1 unspecified atom stereocenters. The minimum Gasteiger partial charge on any atom is -0.392 e. The molecular weight excluding hydrogens is 374 g/mol. The highest BCUT2D eigenvalue weighted by Gasteiger charge is 2.31. The number of hydrogen-bond acceptors (Lipinski definition) is 4. The molecule has 1 atom stereocenters. The predicted molar refractivity (Wildman–Crippen MR) is 90.1 cm³/mol. The summed E-state index contributed by atoms with van der Waals surface area (Å²) >= 11 is 5.22. The second kappa shape index (κ2) is 7.00. The van der Waals surface area contributed by atoms with Crippen LogP contribution in [-0.4, -0.2) is 41.9 Å². The quantitative estimate of drug-likeness (QED) is 0.853. The van der Waals surface area contributed by atoms with Gasteiger partial charge in [-0.15, -0.1) is 0 Å². The van der Waals surface area contributed by atoms with Crippen LogP contribution < -0.4 is 0 Å². The third-order valence-electron chi connectivity index (χ3n) is 3.71. The van der Waals surface area contributed by atoms with Gasteiger partial charge in [-0.1, -0.05) is 22.9 Å². The van der Waals surface area contributed by atoms with E-state index in [1.807, 2.05) is 11.8 Å². The molecule has 1 fully saturated rings. The van der Waals surface area contributed by atoms with Gasteiger partial charge in [0.05, 0.1) is 11.5 Å². The van der Waals surface area contributed by atoms with Gasteiger partial charge in [0.1, 0.15) is 0 Å². The van der Waals surface area contributed by atoms with Crippen molar-refractivity contribution < 1.29 is 13.5 Å². The first-order valence-electron chi connectivity index (χ1n) is 6.91. The van der Waals surface area contributed by atoms with Gasteiger partial charge in [-0.05, 0) is 36.6 Å². The van der Waals surface area contributed by atoms with Crippen LogP contribution in [0, 0.1) is 6.92 Å². The maximum atomic E-state index is 12.9. The van der Waals surface area contributed by atoms with Crippen LogP contribution in [0.25, 0.3) is 0 Å². The van der Waals surface area contributed by atoms with E-state index in [1.165, 1.54) is 0 Å². The standard InChI is InChI=1S/C14H20BrNO3S2/c1-3-12-8-16(4-5-20-12)21(18,19)14-7-11(9-17)6-13(15)10(14)2/h6-7,12,17H,3-5,8-9H2,1-2H3. The topological polar surface area (TPSA) is 57.6 Å². The van der Waals surface area contributed by atoms with E-state index in [-0.39, 0.29) is 6.61 Å². The molecule has 0 aromatic heterocycles. The molecule has 1 aromatic rings. The number of aliphatic hydroxyl groups is 1. The zero-order chi connectivity index (χ0) is 15.6. The van der Waals surface area contributed by atoms with Gasteiger partial charge >= 0.3 is 0 Å². The normalized spacial score (nSPS) is 20.7. The summed E-state index contributed by atoms with van der Waals surface area (Å²) in [6, 6.07) is 3.34. The van der Waals surface area contributed by atoms with E-state index in [9.17, 15) is 13.5 Å². The molecule has 1 aromatic carbocycles. The fourth-order valence-electron chi connectivity index (χ4n) is 2.36. The second-order valence-electron chi connectivity index (χ2n) is 5.12. The maximum absolute atomic E-state index is 12.9. The van der Waals surface area contributed by atoms with Crippen molar-refractivity contribution in [2.75, 3.05) is 18.8 Å². The zero-order valence-electron chi connectivity index (χ0n) is 12.2. The molecule has 1 aliphatic rings. The minimum atomic E-state index is -3.51. The Balaban J connectivity index is 2.41. The second-order valence-corrected chi connectivity index (χ2v) is 9.29. The molecule has 0 spiro atoms. The first-order chi connectivity index (χ1) is 9.90. The lowest BCUT2D eigenvalue weighted by atomic mass is 10.2. The first-order valence-corrected chi connectivity index (χ1v) is 10.2. The Bertz CT molecular complexity index is 619. The summed E-state index contributed by atoms with van der Waals surface area (Å²) in [4.78, 5) is 0.294. The number of nitrogens with zero attached hydrogens (tertiary/aromatic N) is 1. The molecule has 0 radical (unpaired) electrons. The van der Waals surface area contributed by atoms with Crippen molar-refractivity contribution in [2.45, 2.75) is 37.0 Å². The Morgan fingerprint density at radius 2 is 2.19 bits per heavy atom. The summed E-state index contributed by atoms with van der Waals surface area (Å²) in [6.45, 7) is 4.80. The summed E-state index contributed by atoms with van der Waals surface area (Å²) in [6.07, 6.45) is 0.968. The fraction of sp³-hybridized carbons (Fsp3) is 0.571. The molecule has 0 aliphatic carbocycles. The highest BCUT2D eigenvalue weighted by atomic mass is 79.9. The largest absolute Gasteiger partial charge is 0.392 e. The molecule has 21 heavy (non-hydrogen) atoms. The molecule has 0 saturated carbocycles. The van der Waals surface area contributed by atoms with Gasteiger partial charge in [0, 0.05) is 28.6 Å². The van der Waals surface area contributed by atoms with Gasteiger partial charge in [-0.25, -0.2) is 8.42 Å². The van der Waals surface area contributed by atoms with Gasteiger partial charge < -0.3 is 5.11 Å². The number of hydrogen-bond donors (Lipinski definition) is 1. The highest BCUT2D eigenvalue weighted by Crippen LogP contribution is 2.31. The lowest BCUT2D eigenvalue weighted by Crippen LogP contribution is -2.41. The van der Waals surface area contributed by atoms with Crippen molar-refractivity contribution in [1.82, 2.24) is 4.31 Å². The van der Waals surface area contributed by atoms with E-state index in [2.05, 4.69) is 22.9 Å². The summed E-state index contributed by atoms with van der Waals surface area (Å²) in [5.41, 5.74) is 1.29. The maximum Gasteiger partial charge on any atom is 0.243 e. The third-order valence-corrected chi connectivity index (χ3v) is 7.90.